The third kappa shape index (κ3) is 6.40. The fourth-order valence-corrected chi connectivity index (χ4v) is 6.50. The summed E-state index contributed by atoms with van der Waals surface area (Å²) in [5, 5.41) is 8.65. The first kappa shape index (κ1) is 29.4. The highest BCUT2D eigenvalue weighted by Gasteiger charge is 2.43. The van der Waals surface area contributed by atoms with E-state index in [-0.39, 0.29) is 22.7 Å². The number of benzene rings is 1. The first-order valence-electron chi connectivity index (χ1n) is 15.3. The molecule has 3 aliphatic rings. The molecule has 1 fully saturated rings. The van der Waals surface area contributed by atoms with Crippen molar-refractivity contribution in [1.82, 2.24) is 19.2 Å². The van der Waals surface area contributed by atoms with E-state index in [2.05, 4.69) is 22.2 Å². The van der Waals surface area contributed by atoms with Crippen molar-refractivity contribution < 1.29 is 8.78 Å². The molecule has 7 nitrogen and oxygen atoms in total. The number of nitrogens with one attached hydrogen (secondary N) is 1. The number of alkyl halides is 2. The summed E-state index contributed by atoms with van der Waals surface area (Å²) in [7, 11) is 1.55. The van der Waals surface area contributed by atoms with E-state index >= 15 is 8.78 Å². The van der Waals surface area contributed by atoms with Crippen molar-refractivity contribution in [1.29, 1.82) is 0 Å². The van der Waals surface area contributed by atoms with Crippen LogP contribution in [0.5, 0.6) is 0 Å². The van der Waals surface area contributed by atoms with Crippen LogP contribution >= 0.6 is 0 Å². The van der Waals surface area contributed by atoms with Gasteiger partial charge < -0.3 is 14.8 Å². The van der Waals surface area contributed by atoms with Crippen LogP contribution < -0.4 is 16.4 Å². The average molecular weight is 568 g/mol. The Balaban J connectivity index is 1.48. The molecule has 1 N–H and O–H groups in total. The number of aryl methyl sites for hydroxylation is 2. The van der Waals surface area contributed by atoms with Crippen LogP contribution in [0, 0.1) is 5.92 Å². The van der Waals surface area contributed by atoms with Gasteiger partial charge in [0.1, 0.15) is 0 Å². The van der Waals surface area contributed by atoms with Crippen LogP contribution in [-0.2, 0) is 19.5 Å². The predicted octanol–water partition coefficient (Wildman–Crippen LogP) is 6.20. The monoisotopic (exact) mass is 567 g/mol. The van der Waals surface area contributed by atoms with Gasteiger partial charge >= 0.3 is 0 Å². The molecule has 0 spiro atoms. The van der Waals surface area contributed by atoms with Crippen LogP contribution in [0.4, 0.5) is 14.6 Å². The van der Waals surface area contributed by atoms with Crippen molar-refractivity contribution >= 4 is 16.6 Å². The summed E-state index contributed by atoms with van der Waals surface area (Å²) in [6.45, 7) is 6.13. The quantitative estimate of drug-likeness (QED) is 0.350. The smallest absolute Gasteiger partial charge is 0.276 e. The summed E-state index contributed by atoms with van der Waals surface area (Å²) in [6.07, 6.45) is 10.3. The Morgan fingerprint density at radius 3 is 2.37 bits per heavy atom. The van der Waals surface area contributed by atoms with E-state index in [1.807, 2.05) is 13.0 Å². The zero-order valence-electron chi connectivity index (χ0n) is 24.5. The van der Waals surface area contributed by atoms with Crippen LogP contribution in [-0.4, -0.2) is 38.4 Å². The van der Waals surface area contributed by atoms with E-state index in [0.717, 1.165) is 44.9 Å². The lowest BCUT2D eigenvalue weighted by molar-refractivity contribution is -0.0883. The third-order valence-electron chi connectivity index (χ3n) is 9.22. The molecule has 6 rings (SSSR count). The lowest BCUT2D eigenvalue weighted by atomic mass is 9.85. The number of nitrogens with zero attached hydrogens (tertiary/aromatic N) is 4. The Morgan fingerprint density at radius 2 is 1.61 bits per heavy atom. The average Bonchev–Trinajstić information content (AvgIpc) is 2.97. The maximum Gasteiger partial charge on any atom is 0.276 e. The Kier molecular flexibility index (Phi) is 8.92. The summed E-state index contributed by atoms with van der Waals surface area (Å²) in [4.78, 5) is 28.1. The van der Waals surface area contributed by atoms with Crippen LogP contribution in [0.3, 0.4) is 0 Å². The molecule has 5 heterocycles. The fraction of sp³-hybridized carbons (Fsp3) is 0.594. The van der Waals surface area contributed by atoms with Crippen LogP contribution in [0.15, 0.2) is 46.1 Å². The van der Waals surface area contributed by atoms with E-state index < -0.39 is 11.8 Å². The molecule has 222 valence electrons. The second-order valence-electron chi connectivity index (χ2n) is 12.1. The summed E-state index contributed by atoms with van der Waals surface area (Å²) < 4.78 is 34.5. The summed E-state index contributed by atoms with van der Waals surface area (Å²) in [5.74, 6) is -3.16. The lowest BCUT2D eigenvalue weighted by Crippen LogP contribution is -2.43. The molecule has 1 saturated heterocycles. The van der Waals surface area contributed by atoms with Gasteiger partial charge in [0, 0.05) is 48.8 Å². The number of aromatic nitrogens is 3. The van der Waals surface area contributed by atoms with Gasteiger partial charge in [0.2, 0.25) is 0 Å². The van der Waals surface area contributed by atoms with Gasteiger partial charge in [-0.3, -0.25) is 9.59 Å². The minimum Gasteiger partial charge on any atom is -0.362 e. The topological polar surface area (TPSA) is 72.2 Å². The van der Waals surface area contributed by atoms with E-state index in [4.69, 9.17) is 0 Å². The van der Waals surface area contributed by atoms with Crippen molar-refractivity contribution in [2.45, 2.75) is 96.2 Å². The molecule has 0 amide bonds. The summed E-state index contributed by atoms with van der Waals surface area (Å²) >= 11 is 0. The van der Waals surface area contributed by atoms with E-state index in [0.29, 0.717) is 60.7 Å². The normalized spacial score (nSPS) is 26.1. The Morgan fingerprint density at radius 1 is 0.902 bits per heavy atom. The van der Waals surface area contributed by atoms with E-state index in [9.17, 15) is 9.59 Å². The van der Waals surface area contributed by atoms with Crippen LogP contribution in [0.25, 0.3) is 10.8 Å². The molecule has 6 bridgehead atoms. The minimum absolute atomic E-state index is 0.0423. The number of hydrogen-bond donors (Lipinski definition) is 1. The van der Waals surface area contributed by atoms with Crippen molar-refractivity contribution in [2.24, 2.45) is 13.0 Å². The molecule has 3 aromatic rings. The molecule has 2 aromatic heterocycles. The van der Waals surface area contributed by atoms with Gasteiger partial charge in [-0.2, -0.15) is 5.10 Å². The third-order valence-corrected chi connectivity index (χ3v) is 9.22. The molecular weight excluding hydrogens is 524 g/mol. The van der Waals surface area contributed by atoms with Crippen LogP contribution in [0.2, 0.25) is 0 Å². The summed E-state index contributed by atoms with van der Waals surface area (Å²) in [5.41, 5.74) is 0.199. The van der Waals surface area contributed by atoms with E-state index in [1.54, 1.807) is 29.9 Å². The SMILES string of the molecule is CC1CCCCCCCCn2cc3c(nn(C)c(=O)c3cc2=O)N[C@H](C)c2cccc(c2)C(F)(F)C2CCN1CC2. The highest BCUT2D eigenvalue weighted by Crippen LogP contribution is 2.42. The molecule has 0 saturated carbocycles. The number of anilines is 1. The molecule has 1 aromatic carbocycles. The zero-order chi connectivity index (χ0) is 29.1. The van der Waals surface area contributed by atoms with Gasteiger partial charge in [0.05, 0.1) is 11.4 Å². The number of rotatable bonds is 0. The fourth-order valence-electron chi connectivity index (χ4n) is 6.50. The molecule has 2 atom stereocenters. The lowest BCUT2D eigenvalue weighted by Gasteiger charge is -2.39. The van der Waals surface area contributed by atoms with Crippen molar-refractivity contribution in [2.75, 3.05) is 18.4 Å². The van der Waals surface area contributed by atoms with Gasteiger partial charge in [-0.15, -0.1) is 0 Å². The molecule has 0 aliphatic carbocycles. The molecule has 1 unspecified atom stereocenters. The van der Waals surface area contributed by atoms with Gasteiger partial charge in [-0.25, -0.2) is 13.5 Å². The Bertz CT molecular complexity index is 1480. The minimum atomic E-state index is -2.92. The summed E-state index contributed by atoms with van der Waals surface area (Å²) in [6, 6.07) is 8.11. The first-order chi connectivity index (χ1) is 19.6. The van der Waals surface area contributed by atoms with Gasteiger partial charge in [-0.05, 0) is 64.3 Å². The molecular formula is C32H43F2N5O2. The highest BCUT2D eigenvalue weighted by molar-refractivity contribution is 5.90. The molecule has 3 aliphatic heterocycles. The van der Waals surface area contributed by atoms with Crippen molar-refractivity contribution in [3.8, 4) is 0 Å². The number of fused-ring (bicyclic) bond motifs is 11. The standard InChI is InChI=1S/C32H43F2N5O2/c1-22-11-8-6-4-5-7-9-16-39-21-28-27(20-29(39)40)31(41)37(3)36-30(28)35-23(2)24-12-10-13-26(19-24)32(33,34)25-14-17-38(22)18-15-25/h10,12-13,19-23,25H,4-9,11,14-18H2,1-3H3,(H,35,36)/t22?,23-/m1/s1. The molecule has 41 heavy (non-hydrogen) atoms. The highest BCUT2D eigenvalue weighted by atomic mass is 19.3. The van der Waals surface area contributed by atoms with Crippen LogP contribution in [0.1, 0.15) is 88.8 Å². The van der Waals surface area contributed by atoms with Crippen molar-refractivity contribution in [3.63, 3.8) is 0 Å². The van der Waals surface area contributed by atoms with E-state index in [1.165, 1.54) is 16.8 Å². The van der Waals surface area contributed by atoms with Crippen molar-refractivity contribution in [3.05, 3.63) is 68.4 Å². The second-order valence-corrected chi connectivity index (χ2v) is 12.1. The number of halogens is 2. The van der Waals surface area contributed by atoms with Gasteiger partial charge in [-0.1, -0.05) is 50.3 Å². The number of piperidine rings is 1. The largest absolute Gasteiger partial charge is 0.362 e. The molecule has 9 heteroatoms. The Hall–Kier alpha value is -3.07. The zero-order valence-corrected chi connectivity index (χ0v) is 24.5. The van der Waals surface area contributed by atoms with Gasteiger partial charge in [0.15, 0.2) is 5.82 Å². The second kappa shape index (κ2) is 12.4. The Labute approximate surface area is 240 Å². The number of pyridine rings is 1. The number of hydrogen-bond acceptors (Lipinski definition) is 5. The maximum atomic E-state index is 15.8. The van der Waals surface area contributed by atoms with Gasteiger partial charge in [0.25, 0.3) is 17.0 Å². The first-order valence-corrected chi connectivity index (χ1v) is 15.3. The predicted molar refractivity (Wildman–Crippen MR) is 160 cm³/mol. The maximum absolute atomic E-state index is 15.8. The molecule has 0 radical (unpaired) electrons.